The number of nitroso groups, excluding NO2 is 1. The number of methoxy groups -OCH3 is 2. The lowest BCUT2D eigenvalue weighted by Crippen LogP contribution is -2.31. The number of rotatable bonds is 12. The number of carbonyl (C=O) groups is 2. The van der Waals surface area contributed by atoms with Gasteiger partial charge in [-0.1, -0.05) is 6.92 Å². The molecule has 0 radical (unpaired) electrons. The predicted octanol–water partition coefficient (Wildman–Crippen LogP) is 1.17. The van der Waals surface area contributed by atoms with E-state index in [-0.39, 0.29) is 56.4 Å². The molecule has 0 bridgehead atoms. The number of amides is 1. The van der Waals surface area contributed by atoms with E-state index in [4.69, 9.17) is 29.7 Å². The molecule has 3 rings (SSSR count). The normalized spacial score (nSPS) is 20.8. The van der Waals surface area contributed by atoms with Gasteiger partial charge in [-0.3, -0.25) is 9.59 Å². The molecule has 36 heavy (non-hydrogen) atoms. The maximum atomic E-state index is 12.3. The molecule has 15 heteroatoms. The molecule has 2 aromatic heterocycles. The van der Waals surface area contributed by atoms with Crippen molar-refractivity contribution in [2.75, 3.05) is 34.6 Å². The Bertz CT molecular complexity index is 1050. The van der Waals surface area contributed by atoms with Crippen LogP contribution in [0.15, 0.2) is 24.0 Å². The van der Waals surface area contributed by atoms with Gasteiger partial charge in [0, 0.05) is 74.3 Å². The van der Waals surface area contributed by atoms with E-state index in [0.29, 0.717) is 12.3 Å². The SMILES string of the molecule is COCC1OC(n2cc(CNC(=O)CCC(=O)OCN(C)N=O)c3cncnc32)C(C)C1OC.N#N. The van der Waals surface area contributed by atoms with Crippen LogP contribution in [0, 0.1) is 21.6 Å². The molecule has 1 aliphatic heterocycles. The molecule has 1 N–H and O–H groups in total. The van der Waals surface area contributed by atoms with Crippen LogP contribution in [0.5, 0.6) is 0 Å². The van der Waals surface area contributed by atoms with Crippen molar-refractivity contribution in [3.8, 4) is 0 Å². The van der Waals surface area contributed by atoms with E-state index >= 15 is 0 Å². The molecule has 1 aliphatic rings. The Labute approximate surface area is 207 Å². The molecule has 0 aliphatic carbocycles. The van der Waals surface area contributed by atoms with E-state index < -0.39 is 5.97 Å². The van der Waals surface area contributed by atoms with E-state index in [1.165, 1.54) is 13.4 Å². The van der Waals surface area contributed by atoms with Crippen LogP contribution in [0.4, 0.5) is 0 Å². The van der Waals surface area contributed by atoms with E-state index in [1.807, 2.05) is 17.7 Å². The Balaban J connectivity index is 0.00000222. The Hall–Kier alpha value is -3.74. The van der Waals surface area contributed by atoms with Crippen LogP contribution in [0.1, 0.15) is 31.6 Å². The number of esters is 1. The smallest absolute Gasteiger partial charge is 0.308 e. The fourth-order valence-corrected chi connectivity index (χ4v) is 4.01. The summed E-state index contributed by atoms with van der Waals surface area (Å²) in [6.45, 7) is 2.41. The maximum absolute atomic E-state index is 12.3. The second kappa shape index (κ2) is 14.0. The Morgan fingerprint density at radius 1 is 1.31 bits per heavy atom. The minimum absolute atomic E-state index is 0.0256. The first-order valence-corrected chi connectivity index (χ1v) is 11.0. The number of aromatic nitrogens is 3. The van der Waals surface area contributed by atoms with Crippen molar-refractivity contribution in [1.29, 1.82) is 10.8 Å². The minimum Gasteiger partial charge on any atom is -0.443 e. The Morgan fingerprint density at radius 3 is 2.72 bits per heavy atom. The number of hydrogen-bond acceptors (Lipinski definition) is 12. The highest BCUT2D eigenvalue weighted by atomic mass is 16.6. The topological polar surface area (TPSA) is 194 Å². The fraction of sp³-hybridized carbons (Fsp3) is 0.619. The molecule has 4 atom stereocenters. The van der Waals surface area contributed by atoms with E-state index in [2.05, 4.69) is 20.6 Å². The number of ether oxygens (including phenoxy) is 4. The summed E-state index contributed by atoms with van der Waals surface area (Å²) < 4.78 is 23.9. The highest BCUT2D eigenvalue weighted by Crippen LogP contribution is 2.38. The summed E-state index contributed by atoms with van der Waals surface area (Å²) >= 11 is 0. The van der Waals surface area contributed by atoms with E-state index in [9.17, 15) is 14.5 Å². The van der Waals surface area contributed by atoms with Gasteiger partial charge in [-0.15, -0.1) is 4.91 Å². The van der Waals surface area contributed by atoms with Gasteiger partial charge in [0.25, 0.3) is 0 Å². The summed E-state index contributed by atoms with van der Waals surface area (Å²) in [5.41, 5.74) is 1.49. The van der Waals surface area contributed by atoms with E-state index in [1.54, 1.807) is 20.4 Å². The first kappa shape index (κ1) is 28.5. The third-order valence-corrected chi connectivity index (χ3v) is 5.69. The Kier molecular flexibility index (Phi) is 11.1. The van der Waals surface area contributed by atoms with Gasteiger partial charge in [-0.2, -0.15) is 0 Å². The van der Waals surface area contributed by atoms with Gasteiger partial charge in [0.2, 0.25) is 5.91 Å². The van der Waals surface area contributed by atoms with Crippen molar-refractivity contribution in [2.45, 2.75) is 44.7 Å². The van der Waals surface area contributed by atoms with Crippen LogP contribution in [0.2, 0.25) is 0 Å². The molecule has 0 saturated carbocycles. The molecule has 2 aromatic rings. The summed E-state index contributed by atoms with van der Waals surface area (Å²) in [4.78, 5) is 42.8. The number of fused-ring (bicyclic) bond motifs is 1. The van der Waals surface area contributed by atoms with Crippen molar-refractivity contribution in [2.24, 2.45) is 11.2 Å². The van der Waals surface area contributed by atoms with Crippen LogP contribution in [0.3, 0.4) is 0 Å². The third-order valence-electron chi connectivity index (χ3n) is 5.69. The molecule has 3 heterocycles. The second-order valence-corrected chi connectivity index (χ2v) is 8.06. The highest BCUT2D eigenvalue weighted by molar-refractivity contribution is 5.83. The molecule has 0 aromatic carbocycles. The lowest BCUT2D eigenvalue weighted by Gasteiger charge is -2.19. The quantitative estimate of drug-likeness (QED) is 0.142. The molecule has 196 valence electrons. The summed E-state index contributed by atoms with van der Waals surface area (Å²) in [5.74, 6) is -0.888. The van der Waals surface area contributed by atoms with Gasteiger partial charge in [0.05, 0.1) is 24.4 Å². The zero-order chi connectivity index (χ0) is 26.7. The monoisotopic (exact) mass is 506 g/mol. The third kappa shape index (κ3) is 6.90. The first-order valence-electron chi connectivity index (χ1n) is 11.0. The number of carbonyl (C=O) groups excluding carboxylic acids is 2. The standard InChI is InChI=1S/C21H30N6O7.N2/c1-13-19(32-4)16(10-31-3)34-21(13)27-9-14(15-8-22-11-24-20(15)27)7-23-17(28)5-6-18(29)33-12-26(2)25-30;1-2/h8-9,11,13,16,19,21H,5-7,10,12H2,1-4H3,(H,23,28);. The van der Waals surface area contributed by atoms with Crippen LogP contribution in [-0.4, -0.2) is 78.2 Å². The van der Waals surface area contributed by atoms with Crippen molar-refractivity contribution < 1.29 is 28.5 Å². The molecule has 15 nitrogen and oxygen atoms in total. The summed E-state index contributed by atoms with van der Waals surface area (Å²) in [7, 11) is 4.64. The van der Waals surface area contributed by atoms with Gasteiger partial charge in [0.1, 0.15) is 24.3 Å². The second-order valence-electron chi connectivity index (χ2n) is 8.06. The minimum atomic E-state index is -0.596. The zero-order valence-electron chi connectivity index (χ0n) is 20.6. The fourth-order valence-electron chi connectivity index (χ4n) is 4.01. The Morgan fingerprint density at radius 2 is 2.06 bits per heavy atom. The van der Waals surface area contributed by atoms with E-state index in [0.717, 1.165) is 16.0 Å². The largest absolute Gasteiger partial charge is 0.443 e. The molecule has 1 amide bonds. The average Bonchev–Trinajstić information content (AvgIpc) is 3.42. The number of nitrogens with zero attached hydrogens (tertiary/aromatic N) is 7. The van der Waals surface area contributed by atoms with Crippen molar-refractivity contribution in [1.82, 2.24) is 24.9 Å². The molecule has 0 spiro atoms. The first-order chi connectivity index (χ1) is 17.4. The number of hydrogen-bond donors (Lipinski definition) is 1. The van der Waals surface area contributed by atoms with Crippen molar-refractivity contribution in [3.63, 3.8) is 0 Å². The predicted molar refractivity (Wildman–Crippen MR) is 122 cm³/mol. The lowest BCUT2D eigenvalue weighted by molar-refractivity contribution is -0.149. The summed E-state index contributed by atoms with van der Waals surface area (Å²) in [6.07, 6.45) is 4.17. The average molecular weight is 507 g/mol. The van der Waals surface area contributed by atoms with Crippen molar-refractivity contribution >= 4 is 22.9 Å². The van der Waals surface area contributed by atoms with Crippen LogP contribution < -0.4 is 5.32 Å². The maximum Gasteiger partial charge on any atom is 0.308 e. The summed E-state index contributed by atoms with van der Waals surface area (Å²) in [5, 5.41) is 19.1. The van der Waals surface area contributed by atoms with Gasteiger partial charge in [0.15, 0.2) is 6.73 Å². The van der Waals surface area contributed by atoms with Crippen LogP contribution >= 0.6 is 0 Å². The molecule has 4 unspecified atom stereocenters. The van der Waals surface area contributed by atoms with Gasteiger partial charge >= 0.3 is 5.97 Å². The lowest BCUT2D eigenvalue weighted by atomic mass is 10.0. The highest BCUT2D eigenvalue weighted by Gasteiger charge is 2.43. The van der Waals surface area contributed by atoms with Crippen LogP contribution in [0.25, 0.3) is 11.0 Å². The molecule has 1 fully saturated rings. The molecular formula is C21H30N8O7. The van der Waals surface area contributed by atoms with Gasteiger partial charge in [-0.25, -0.2) is 15.0 Å². The zero-order valence-corrected chi connectivity index (χ0v) is 20.6. The van der Waals surface area contributed by atoms with Gasteiger partial charge in [-0.05, 0) is 0 Å². The summed E-state index contributed by atoms with van der Waals surface area (Å²) in [6, 6.07) is 0. The molecular weight excluding hydrogens is 476 g/mol. The van der Waals surface area contributed by atoms with Crippen molar-refractivity contribution in [3.05, 3.63) is 29.2 Å². The van der Waals surface area contributed by atoms with Crippen LogP contribution in [-0.2, 0) is 35.1 Å². The van der Waals surface area contributed by atoms with Gasteiger partial charge < -0.3 is 28.8 Å². The number of nitrogens with one attached hydrogen (secondary N) is 1. The molecule has 1 saturated heterocycles.